The molecule has 130 valence electrons. The molecule has 2 aliphatic rings. The Balaban J connectivity index is 1.48. The van der Waals surface area contributed by atoms with Gasteiger partial charge in [-0.1, -0.05) is 0 Å². The third-order valence-corrected chi connectivity index (χ3v) is 4.79. The van der Waals surface area contributed by atoms with Crippen molar-refractivity contribution in [3.63, 3.8) is 0 Å². The first-order valence-corrected chi connectivity index (χ1v) is 8.68. The van der Waals surface area contributed by atoms with Gasteiger partial charge in [0.1, 0.15) is 11.9 Å². The number of anilines is 1. The van der Waals surface area contributed by atoms with Gasteiger partial charge in [0.2, 0.25) is 0 Å². The van der Waals surface area contributed by atoms with E-state index < -0.39 is 0 Å². The summed E-state index contributed by atoms with van der Waals surface area (Å²) < 4.78 is 10.6. The molecular formula is C17H23N3O3S. The van der Waals surface area contributed by atoms with Gasteiger partial charge in [-0.25, -0.2) is 0 Å². The van der Waals surface area contributed by atoms with E-state index in [1.165, 1.54) is 0 Å². The lowest BCUT2D eigenvalue weighted by Crippen LogP contribution is -2.53. The molecule has 1 amide bonds. The minimum absolute atomic E-state index is 0.126. The lowest BCUT2D eigenvalue weighted by Gasteiger charge is -2.37. The predicted octanol–water partition coefficient (Wildman–Crippen LogP) is 1.72. The van der Waals surface area contributed by atoms with Crippen LogP contribution >= 0.6 is 12.2 Å². The number of thiocarbonyl (C=S) groups is 1. The summed E-state index contributed by atoms with van der Waals surface area (Å²) in [6.07, 6.45) is 1.59. The van der Waals surface area contributed by atoms with Crippen molar-refractivity contribution in [1.29, 1.82) is 0 Å². The lowest BCUT2D eigenvalue weighted by atomic mass is 10.2. The Kier molecular flexibility index (Phi) is 5.52. The molecule has 0 unspecified atom stereocenters. The molecule has 2 saturated heterocycles. The van der Waals surface area contributed by atoms with Gasteiger partial charge >= 0.3 is 0 Å². The quantitative estimate of drug-likeness (QED) is 0.839. The highest BCUT2D eigenvalue weighted by Gasteiger charge is 2.30. The van der Waals surface area contributed by atoms with Crippen LogP contribution < -0.4 is 10.1 Å². The number of nitrogens with one attached hydrogen (secondary N) is 1. The summed E-state index contributed by atoms with van der Waals surface area (Å²) in [7, 11) is 1.64. The minimum atomic E-state index is -0.235. The van der Waals surface area contributed by atoms with E-state index in [0.29, 0.717) is 24.8 Å². The second-order valence-electron chi connectivity index (χ2n) is 5.97. The third-order valence-electron chi connectivity index (χ3n) is 4.42. The van der Waals surface area contributed by atoms with Gasteiger partial charge in [0, 0.05) is 38.5 Å². The molecule has 2 fully saturated rings. The maximum absolute atomic E-state index is 12.4. The van der Waals surface area contributed by atoms with E-state index >= 15 is 0 Å². The van der Waals surface area contributed by atoms with Crippen LogP contribution in [-0.2, 0) is 9.53 Å². The summed E-state index contributed by atoms with van der Waals surface area (Å²) >= 11 is 5.48. The van der Waals surface area contributed by atoms with Gasteiger partial charge in [-0.3, -0.25) is 4.79 Å². The standard InChI is InChI=1S/C17H23N3O3S/c1-22-14-6-4-13(5-7-14)18-17(24)20-10-8-19(9-11-20)16(21)15-3-2-12-23-15/h4-7,15H,2-3,8-12H2,1H3,(H,18,24)/t15-/m1/s1. The Labute approximate surface area is 147 Å². The smallest absolute Gasteiger partial charge is 0.251 e. The van der Waals surface area contributed by atoms with Gasteiger partial charge in [0.15, 0.2) is 5.11 Å². The van der Waals surface area contributed by atoms with Crippen molar-refractivity contribution in [3.05, 3.63) is 24.3 Å². The van der Waals surface area contributed by atoms with Crippen LogP contribution in [0.15, 0.2) is 24.3 Å². The number of carbonyl (C=O) groups is 1. The molecule has 0 aromatic heterocycles. The second-order valence-corrected chi connectivity index (χ2v) is 6.36. The molecule has 1 aromatic rings. The van der Waals surface area contributed by atoms with E-state index in [9.17, 15) is 4.79 Å². The fraction of sp³-hybridized carbons (Fsp3) is 0.529. The average molecular weight is 349 g/mol. The van der Waals surface area contributed by atoms with Gasteiger partial charge in [-0.15, -0.1) is 0 Å². The molecule has 6 nitrogen and oxygen atoms in total. The molecule has 24 heavy (non-hydrogen) atoms. The predicted molar refractivity (Wildman–Crippen MR) is 96.3 cm³/mol. The maximum atomic E-state index is 12.4. The molecule has 0 radical (unpaired) electrons. The molecule has 2 heterocycles. The summed E-state index contributed by atoms with van der Waals surface area (Å²) in [5.41, 5.74) is 0.929. The Morgan fingerprint density at radius 2 is 1.88 bits per heavy atom. The summed E-state index contributed by atoms with van der Waals surface area (Å²) in [6, 6.07) is 7.65. The first kappa shape index (κ1) is 17.0. The molecule has 0 bridgehead atoms. The minimum Gasteiger partial charge on any atom is -0.497 e. The monoisotopic (exact) mass is 349 g/mol. The number of methoxy groups -OCH3 is 1. The number of nitrogens with zero attached hydrogens (tertiary/aromatic N) is 2. The molecule has 1 aromatic carbocycles. The van der Waals surface area contributed by atoms with Crippen LogP contribution in [0.5, 0.6) is 5.75 Å². The molecule has 0 aliphatic carbocycles. The highest BCUT2D eigenvalue weighted by Crippen LogP contribution is 2.18. The lowest BCUT2D eigenvalue weighted by molar-refractivity contribution is -0.142. The van der Waals surface area contributed by atoms with E-state index in [-0.39, 0.29) is 12.0 Å². The average Bonchev–Trinajstić information content (AvgIpc) is 3.16. The van der Waals surface area contributed by atoms with Crippen molar-refractivity contribution in [2.24, 2.45) is 0 Å². The van der Waals surface area contributed by atoms with E-state index in [2.05, 4.69) is 10.2 Å². The maximum Gasteiger partial charge on any atom is 0.251 e. The van der Waals surface area contributed by atoms with E-state index in [4.69, 9.17) is 21.7 Å². The van der Waals surface area contributed by atoms with Crippen LogP contribution in [-0.4, -0.2) is 66.8 Å². The van der Waals surface area contributed by atoms with E-state index in [1.54, 1.807) is 7.11 Å². The molecule has 0 spiro atoms. The number of hydrogen-bond donors (Lipinski definition) is 1. The van der Waals surface area contributed by atoms with E-state index in [0.717, 1.165) is 37.4 Å². The Hall–Kier alpha value is -1.86. The van der Waals surface area contributed by atoms with Crippen LogP contribution in [0.2, 0.25) is 0 Å². The number of benzene rings is 1. The van der Waals surface area contributed by atoms with Crippen molar-refractivity contribution in [1.82, 2.24) is 9.80 Å². The van der Waals surface area contributed by atoms with Crippen molar-refractivity contribution < 1.29 is 14.3 Å². The van der Waals surface area contributed by atoms with Crippen molar-refractivity contribution in [2.75, 3.05) is 45.2 Å². The molecular weight excluding hydrogens is 326 g/mol. The number of amides is 1. The van der Waals surface area contributed by atoms with Crippen LogP contribution in [0, 0.1) is 0 Å². The Morgan fingerprint density at radius 3 is 2.46 bits per heavy atom. The molecule has 3 rings (SSSR count). The summed E-state index contributed by atoms with van der Waals surface area (Å²) in [4.78, 5) is 16.3. The van der Waals surface area contributed by atoms with Gasteiger partial charge < -0.3 is 24.6 Å². The van der Waals surface area contributed by atoms with Crippen molar-refractivity contribution in [2.45, 2.75) is 18.9 Å². The Morgan fingerprint density at radius 1 is 1.21 bits per heavy atom. The zero-order valence-corrected chi connectivity index (χ0v) is 14.7. The SMILES string of the molecule is COc1ccc(NC(=S)N2CCN(C(=O)[C@H]3CCCO3)CC2)cc1. The molecule has 7 heteroatoms. The number of rotatable bonds is 3. The topological polar surface area (TPSA) is 54.0 Å². The summed E-state index contributed by atoms with van der Waals surface area (Å²) in [5, 5.41) is 3.92. The van der Waals surface area contributed by atoms with Crippen LogP contribution in [0.4, 0.5) is 5.69 Å². The molecule has 1 N–H and O–H groups in total. The van der Waals surface area contributed by atoms with Crippen LogP contribution in [0.3, 0.4) is 0 Å². The molecule has 0 saturated carbocycles. The number of carbonyl (C=O) groups excluding carboxylic acids is 1. The zero-order chi connectivity index (χ0) is 16.9. The molecule has 2 aliphatic heterocycles. The van der Waals surface area contributed by atoms with Gasteiger partial charge in [0.25, 0.3) is 5.91 Å². The van der Waals surface area contributed by atoms with Crippen molar-refractivity contribution >= 4 is 28.9 Å². The number of ether oxygens (including phenoxy) is 2. The van der Waals surface area contributed by atoms with E-state index in [1.807, 2.05) is 29.2 Å². The second kappa shape index (κ2) is 7.81. The number of hydrogen-bond acceptors (Lipinski definition) is 4. The van der Waals surface area contributed by atoms with Crippen LogP contribution in [0.1, 0.15) is 12.8 Å². The summed E-state index contributed by atoms with van der Waals surface area (Å²) in [5.74, 6) is 0.939. The third kappa shape index (κ3) is 3.96. The zero-order valence-electron chi connectivity index (χ0n) is 13.9. The summed E-state index contributed by atoms with van der Waals surface area (Å²) in [6.45, 7) is 3.54. The molecule has 1 atom stereocenters. The highest BCUT2D eigenvalue weighted by molar-refractivity contribution is 7.80. The fourth-order valence-electron chi connectivity index (χ4n) is 2.98. The highest BCUT2D eigenvalue weighted by atomic mass is 32.1. The Bertz CT molecular complexity index is 579. The van der Waals surface area contributed by atoms with Gasteiger partial charge in [-0.05, 0) is 49.3 Å². The van der Waals surface area contributed by atoms with Gasteiger partial charge in [-0.2, -0.15) is 0 Å². The largest absolute Gasteiger partial charge is 0.497 e. The van der Waals surface area contributed by atoms with Crippen molar-refractivity contribution in [3.8, 4) is 5.75 Å². The normalized spacial score (nSPS) is 20.8. The number of piperazine rings is 1. The first-order chi connectivity index (χ1) is 11.7. The van der Waals surface area contributed by atoms with Crippen LogP contribution in [0.25, 0.3) is 0 Å². The fourth-order valence-corrected chi connectivity index (χ4v) is 3.28. The first-order valence-electron chi connectivity index (χ1n) is 8.28. The van der Waals surface area contributed by atoms with Gasteiger partial charge in [0.05, 0.1) is 7.11 Å².